The van der Waals surface area contributed by atoms with Gasteiger partial charge in [-0.25, -0.2) is 9.07 Å². The Bertz CT molecular complexity index is 480. The lowest BCUT2D eigenvalue weighted by Crippen LogP contribution is -2.05. The van der Waals surface area contributed by atoms with E-state index in [1.807, 2.05) is 6.92 Å². The molecule has 84 valence electrons. The Kier molecular flexibility index (Phi) is 2.91. The van der Waals surface area contributed by atoms with Crippen molar-refractivity contribution in [3.8, 4) is 0 Å². The fourth-order valence-electron chi connectivity index (χ4n) is 1.33. The third-order valence-corrected chi connectivity index (χ3v) is 2.13. The Morgan fingerprint density at radius 1 is 1.50 bits per heavy atom. The van der Waals surface area contributed by atoms with Crippen LogP contribution < -0.4 is 5.73 Å². The second-order valence-corrected chi connectivity index (χ2v) is 3.64. The lowest BCUT2D eigenvalue weighted by Gasteiger charge is -2.00. The van der Waals surface area contributed by atoms with E-state index in [0.717, 1.165) is 11.8 Å². The lowest BCUT2D eigenvalue weighted by molar-refractivity contribution is 0.606. The number of hydrogen-bond acceptors (Lipinski definition) is 4. The predicted molar refractivity (Wildman–Crippen MR) is 55.9 cm³/mol. The Hall–Kier alpha value is -1.82. The number of nitrogens with zero attached hydrogens (tertiary/aromatic N) is 4. The van der Waals surface area contributed by atoms with Gasteiger partial charge in [0, 0.05) is 12.2 Å². The van der Waals surface area contributed by atoms with Crippen molar-refractivity contribution in [3.05, 3.63) is 41.7 Å². The molecule has 0 fully saturated rings. The highest BCUT2D eigenvalue weighted by atomic mass is 19.1. The van der Waals surface area contributed by atoms with Crippen LogP contribution in [0.25, 0.3) is 0 Å². The number of rotatable bonds is 3. The van der Waals surface area contributed by atoms with E-state index in [0.29, 0.717) is 12.2 Å². The standard InChI is InChI=1S/C10H12FN5/c1-7(12)10-6-16(15-14-10)5-8-2-9(11)4-13-3-8/h2-4,6-7H,5,12H2,1H3. The van der Waals surface area contributed by atoms with Crippen LogP contribution in [0, 0.1) is 5.82 Å². The maximum absolute atomic E-state index is 12.9. The van der Waals surface area contributed by atoms with Gasteiger partial charge < -0.3 is 5.73 Å². The van der Waals surface area contributed by atoms with Crippen LogP contribution in [0.4, 0.5) is 4.39 Å². The number of aromatic nitrogens is 4. The van der Waals surface area contributed by atoms with Crippen molar-refractivity contribution < 1.29 is 4.39 Å². The van der Waals surface area contributed by atoms with Gasteiger partial charge in [0.15, 0.2) is 0 Å². The van der Waals surface area contributed by atoms with Gasteiger partial charge in [-0.15, -0.1) is 5.10 Å². The fourth-order valence-corrected chi connectivity index (χ4v) is 1.33. The summed E-state index contributed by atoms with van der Waals surface area (Å²) in [6.07, 6.45) is 4.50. The Labute approximate surface area is 92.1 Å². The molecule has 5 nitrogen and oxygen atoms in total. The van der Waals surface area contributed by atoms with E-state index in [9.17, 15) is 4.39 Å². The van der Waals surface area contributed by atoms with E-state index < -0.39 is 0 Å². The van der Waals surface area contributed by atoms with E-state index >= 15 is 0 Å². The minimum Gasteiger partial charge on any atom is -0.323 e. The van der Waals surface area contributed by atoms with Crippen LogP contribution in [0.2, 0.25) is 0 Å². The van der Waals surface area contributed by atoms with Crippen LogP contribution in [0.3, 0.4) is 0 Å². The molecule has 0 spiro atoms. The van der Waals surface area contributed by atoms with Crippen molar-refractivity contribution in [3.63, 3.8) is 0 Å². The summed E-state index contributed by atoms with van der Waals surface area (Å²) in [6, 6.07) is 1.26. The third-order valence-electron chi connectivity index (χ3n) is 2.13. The van der Waals surface area contributed by atoms with Gasteiger partial charge in [-0.3, -0.25) is 4.98 Å². The highest BCUT2D eigenvalue weighted by Gasteiger charge is 2.05. The molecule has 2 N–H and O–H groups in total. The quantitative estimate of drug-likeness (QED) is 0.835. The first kappa shape index (κ1) is 10.7. The van der Waals surface area contributed by atoms with E-state index in [1.54, 1.807) is 17.1 Å². The van der Waals surface area contributed by atoms with Crippen molar-refractivity contribution in [2.45, 2.75) is 19.5 Å². The minimum atomic E-state index is -0.356. The summed E-state index contributed by atoms with van der Waals surface area (Å²) < 4.78 is 14.5. The Balaban J connectivity index is 2.14. The van der Waals surface area contributed by atoms with Crippen LogP contribution in [-0.4, -0.2) is 20.0 Å². The molecule has 0 aliphatic heterocycles. The van der Waals surface area contributed by atoms with Gasteiger partial charge in [-0.2, -0.15) is 0 Å². The van der Waals surface area contributed by atoms with E-state index in [2.05, 4.69) is 15.3 Å². The molecule has 0 saturated heterocycles. The normalized spacial score (nSPS) is 12.7. The molecule has 2 aromatic rings. The SMILES string of the molecule is CC(N)c1cn(Cc2cncc(F)c2)nn1. The highest BCUT2D eigenvalue weighted by molar-refractivity contribution is 5.11. The summed E-state index contributed by atoms with van der Waals surface area (Å²) in [7, 11) is 0. The van der Waals surface area contributed by atoms with Gasteiger partial charge in [0.1, 0.15) is 5.82 Å². The number of hydrogen-bond donors (Lipinski definition) is 1. The minimum absolute atomic E-state index is 0.153. The monoisotopic (exact) mass is 221 g/mol. The van der Waals surface area contributed by atoms with Crippen LogP contribution in [-0.2, 0) is 6.54 Å². The van der Waals surface area contributed by atoms with Crippen LogP contribution in [0.1, 0.15) is 24.2 Å². The second kappa shape index (κ2) is 4.36. The molecule has 2 rings (SSSR count). The molecule has 0 bridgehead atoms. The fraction of sp³-hybridized carbons (Fsp3) is 0.300. The molecule has 1 unspecified atom stereocenters. The van der Waals surface area contributed by atoms with Crippen molar-refractivity contribution >= 4 is 0 Å². The molecular weight excluding hydrogens is 209 g/mol. The molecule has 0 amide bonds. The zero-order chi connectivity index (χ0) is 11.5. The average Bonchev–Trinajstić information content (AvgIpc) is 2.66. The zero-order valence-electron chi connectivity index (χ0n) is 8.84. The maximum Gasteiger partial charge on any atom is 0.141 e. The Morgan fingerprint density at radius 3 is 2.94 bits per heavy atom. The molecule has 2 heterocycles. The molecule has 0 aliphatic rings. The van der Waals surface area contributed by atoms with Gasteiger partial charge in [-0.05, 0) is 18.6 Å². The summed E-state index contributed by atoms with van der Waals surface area (Å²) in [6.45, 7) is 2.27. The number of pyridine rings is 1. The van der Waals surface area contributed by atoms with Crippen LogP contribution in [0.5, 0.6) is 0 Å². The zero-order valence-corrected chi connectivity index (χ0v) is 8.84. The van der Waals surface area contributed by atoms with Gasteiger partial charge in [0.05, 0.1) is 24.6 Å². The lowest BCUT2D eigenvalue weighted by atomic mass is 10.2. The first-order valence-corrected chi connectivity index (χ1v) is 4.90. The van der Waals surface area contributed by atoms with Gasteiger partial charge >= 0.3 is 0 Å². The molecule has 1 atom stereocenters. The van der Waals surface area contributed by atoms with Crippen LogP contribution >= 0.6 is 0 Å². The van der Waals surface area contributed by atoms with Gasteiger partial charge in [-0.1, -0.05) is 5.21 Å². The summed E-state index contributed by atoms with van der Waals surface area (Å²) in [4.78, 5) is 3.76. The molecule has 0 saturated carbocycles. The molecule has 6 heteroatoms. The molecule has 0 aliphatic carbocycles. The molecule has 2 aromatic heterocycles. The van der Waals surface area contributed by atoms with Crippen molar-refractivity contribution in [1.82, 2.24) is 20.0 Å². The second-order valence-electron chi connectivity index (χ2n) is 3.64. The summed E-state index contributed by atoms with van der Waals surface area (Å²) in [5.74, 6) is -0.356. The molecular formula is C10H12FN5. The highest BCUT2D eigenvalue weighted by Crippen LogP contribution is 2.06. The topological polar surface area (TPSA) is 69.6 Å². The Morgan fingerprint density at radius 2 is 2.31 bits per heavy atom. The third kappa shape index (κ3) is 2.40. The predicted octanol–water partition coefficient (Wildman–Crippen LogP) is 0.880. The van der Waals surface area contributed by atoms with Crippen molar-refractivity contribution in [2.75, 3.05) is 0 Å². The van der Waals surface area contributed by atoms with E-state index in [1.165, 1.54) is 6.07 Å². The first-order chi connectivity index (χ1) is 7.65. The average molecular weight is 221 g/mol. The summed E-state index contributed by atoms with van der Waals surface area (Å²) in [5.41, 5.74) is 7.11. The van der Waals surface area contributed by atoms with E-state index in [-0.39, 0.29) is 11.9 Å². The molecule has 0 radical (unpaired) electrons. The molecule has 0 aromatic carbocycles. The number of halogens is 1. The van der Waals surface area contributed by atoms with Crippen molar-refractivity contribution in [2.24, 2.45) is 5.73 Å². The van der Waals surface area contributed by atoms with Crippen LogP contribution in [0.15, 0.2) is 24.7 Å². The summed E-state index contributed by atoms with van der Waals surface area (Å²) in [5, 5.41) is 7.81. The maximum atomic E-state index is 12.9. The largest absolute Gasteiger partial charge is 0.323 e. The smallest absolute Gasteiger partial charge is 0.141 e. The summed E-state index contributed by atoms with van der Waals surface area (Å²) >= 11 is 0. The number of nitrogens with two attached hydrogens (primary N) is 1. The molecule has 16 heavy (non-hydrogen) atoms. The first-order valence-electron chi connectivity index (χ1n) is 4.90. The van der Waals surface area contributed by atoms with E-state index in [4.69, 9.17) is 5.73 Å². The van der Waals surface area contributed by atoms with Crippen molar-refractivity contribution in [1.29, 1.82) is 0 Å². The van der Waals surface area contributed by atoms with Gasteiger partial charge in [0.2, 0.25) is 0 Å². The van der Waals surface area contributed by atoms with Gasteiger partial charge in [0.25, 0.3) is 0 Å².